The van der Waals surface area contributed by atoms with Crippen LogP contribution < -0.4 is 15.0 Å². The second-order valence-electron chi connectivity index (χ2n) is 9.39. The topological polar surface area (TPSA) is 77.9 Å². The molecule has 4 rings (SSSR count). The van der Waals surface area contributed by atoms with Crippen LogP contribution in [0.3, 0.4) is 0 Å². The summed E-state index contributed by atoms with van der Waals surface area (Å²) >= 11 is 0. The molecule has 0 aromatic carbocycles. The van der Waals surface area contributed by atoms with Crippen LogP contribution in [0.4, 0.5) is 5.82 Å². The summed E-state index contributed by atoms with van der Waals surface area (Å²) in [6.45, 7) is 8.02. The molecular formula is C24H38N4O3. The molecule has 3 heterocycles. The minimum atomic E-state index is -0.511. The van der Waals surface area contributed by atoms with Crippen LogP contribution in [0.1, 0.15) is 57.4 Å². The van der Waals surface area contributed by atoms with Crippen molar-refractivity contribution >= 4 is 11.7 Å². The molecule has 31 heavy (non-hydrogen) atoms. The molecule has 1 aliphatic carbocycles. The maximum Gasteiger partial charge on any atom is 0.222 e. The summed E-state index contributed by atoms with van der Waals surface area (Å²) in [5.74, 6) is 2.80. The molecule has 0 unspecified atom stereocenters. The highest BCUT2D eigenvalue weighted by molar-refractivity contribution is 5.76. The van der Waals surface area contributed by atoms with Crippen molar-refractivity contribution in [2.24, 2.45) is 5.92 Å². The van der Waals surface area contributed by atoms with Gasteiger partial charge in [0, 0.05) is 50.4 Å². The highest BCUT2D eigenvalue weighted by atomic mass is 16.5. The van der Waals surface area contributed by atoms with Gasteiger partial charge in [0.15, 0.2) is 11.6 Å². The number of aliphatic hydroxyl groups is 1. The normalized spacial score (nSPS) is 25.0. The number of aromatic nitrogens is 1. The number of aliphatic hydroxyl groups excluding tert-OH is 1. The molecule has 1 atom stereocenters. The van der Waals surface area contributed by atoms with Crippen molar-refractivity contribution in [2.45, 2.75) is 70.4 Å². The maximum absolute atomic E-state index is 12.0. The number of carbonyl (C=O) groups is 1. The zero-order valence-corrected chi connectivity index (χ0v) is 18.9. The first-order chi connectivity index (χ1) is 15.1. The first kappa shape index (κ1) is 22.3. The van der Waals surface area contributed by atoms with Crippen LogP contribution in [0.15, 0.2) is 12.3 Å². The Kier molecular flexibility index (Phi) is 7.67. The highest BCUT2D eigenvalue weighted by Crippen LogP contribution is 2.34. The van der Waals surface area contributed by atoms with E-state index in [9.17, 15) is 9.90 Å². The maximum atomic E-state index is 12.0. The summed E-state index contributed by atoms with van der Waals surface area (Å²) in [4.78, 5) is 21.6. The molecule has 1 amide bonds. The molecule has 7 nitrogen and oxygen atoms in total. The largest absolute Gasteiger partial charge is 0.489 e. The lowest BCUT2D eigenvalue weighted by molar-refractivity contribution is -0.124. The number of hydrogen-bond donors (Lipinski definition) is 2. The number of anilines is 1. The van der Waals surface area contributed by atoms with Crippen LogP contribution >= 0.6 is 0 Å². The van der Waals surface area contributed by atoms with Gasteiger partial charge in [-0.1, -0.05) is 6.92 Å². The standard InChI is InChI=1S/C24H38N4O3/c1-2-21(29)17-22(30)26-20-5-3-18(4-6-20)8-11-27-12-14-28(15-13-27)24-23-19(7-10-25-24)9-16-31-23/h7,10,18,20-21,29H,2-6,8-9,11-17H2,1H3,(H,26,30)/t18?,20?,21-/m1/s1. The monoisotopic (exact) mass is 430 g/mol. The second kappa shape index (κ2) is 10.6. The van der Waals surface area contributed by atoms with Crippen LogP contribution in [0, 0.1) is 5.92 Å². The molecule has 1 aromatic rings. The summed E-state index contributed by atoms with van der Waals surface area (Å²) in [5, 5.41) is 12.8. The van der Waals surface area contributed by atoms with Crippen molar-refractivity contribution in [3.63, 3.8) is 0 Å². The fourth-order valence-electron chi connectivity index (χ4n) is 5.11. The van der Waals surface area contributed by atoms with Gasteiger partial charge >= 0.3 is 0 Å². The number of pyridine rings is 1. The summed E-state index contributed by atoms with van der Waals surface area (Å²) in [7, 11) is 0. The predicted molar refractivity (Wildman–Crippen MR) is 122 cm³/mol. The number of piperazine rings is 1. The highest BCUT2D eigenvalue weighted by Gasteiger charge is 2.26. The number of rotatable bonds is 8. The second-order valence-corrected chi connectivity index (χ2v) is 9.39. The van der Waals surface area contributed by atoms with Crippen molar-refractivity contribution in [1.29, 1.82) is 0 Å². The summed E-state index contributed by atoms with van der Waals surface area (Å²) < 4.78 is 5.84. The summed E-state index contributed by atoms with van der Waals surface area (Å²) in [6.07, 6.45) is 9.03. The lowest BCUT2D eigenvalue weighted by atomic mass is 9.84. The third-order valence-electron chi connectivity index (χ3n) is 7.21. The molecule has 0 radical (unpaired) electrons. The van der Waals surface area contributed by atoms with Gasteiger partial charge in [0.25, 0.3) is 0 Å². The molecule has 2 aliphatic heterocycles. The molecule has 2 N–H and O–H groups in total. The Bertz CT molecular complexity index is 728. The average molecular weight is 431 g/mol. The van der Waals surface area contributed by atoms with E-state index in [1.165, 1.54) is 24.8 Å². The fourth-order valence-corrected chi connectivity index (χ4v) is 5.11. The van der Waals surface area contributed by atoms with Gasteiger partial charge in [-0.15, -0.1) is 0 Å². The van der Waals surface area contributed by atoms with E-state index in [1.807, 2.05) is 13.1 Å². The van der Waals surface area contributed by atoms with Crippen molar-refractivity contribution in [2.75, 3.05) is 44.2 Å². The van der Waals surface area contributed by atoms with Gasteiger partial charge in [-0.25, -0.2) is 4.98 Å². The number of hydrogen-bond acceptors (Lipinski definition) is 6. The fraction of sp³-hybridized carbons (Fsp3) is 0.750. The van der Waals surface area contributed by atoms with Gasteiger partial charge in [0.1, 0.15) is 0 Å². The smallest absolute Gasteiger partial charge is 0.222 e. The third-order valence-corrected chi connectivity index (χ3v) is 7.21. The molecule has 3 aliphatic rings. The van der Waals surface area contributed by atoms with Crippen LogP contribution in [0.25, 0.3) is 0 Å². The Labute approximate surface area is 186 Å². The first-order valence-electron chi connectivity index (χ1n) is 12.2. The van der Waals surface area contributed by atoms with Crippen molar-refractivity contribution in [3.05, 3.63) is 17.8 Å². The SMILES string of the molecule is CC[C@@H](O)CC(=O)NC1CCC(CCN2CCN(c3nccc4c3OCC4)CC2)CC1. The number of ether oxygens (including phenoxy) is 1. The Morgan fingerprint density at radius 1 is 1.26 bits per heavy atom. The minimum absolute atomic E-state index is 0.000352. The van der Waals surface area contributed by atoms with E-state index in [0.717, 1.165) is 76.1 Å². The predicted octanol–water partition coefficient (Wildman–Crippen LogP) is 2.36. The Balaban J connectivity index is 1.14. The lowest BCUT2D eigenvalue weighted by Gasteiger charge is -2.37. The van der Waals surface area contributed by atoms with Gasteiger partial charge in [0.05, 0.1) is 19.1 Å². The van der Waals surface area contributed by atoms with Crippen LogP contribution in [-0.2, 0) is 11.2 Å². The molecule has 7 heteroatoms. The van der Waals surface area contributed by atoms with Crippen LogP contribution in [0.5, 0.6) is 5.75 Å². The van der Waals surface area contributed by atoms with E-state index >= 15 is 0 Å². The van der Waals surface area contributed by atoms with E-state index in [-0.39, 0.29) is 12.3 Å². The van der Waals surface area contributed by atoms with E-state index in [1.54, 1.807) is 0 Å². The number of nitrogens with zero attached hydrogens (tertiary/aromatic N) is 3. The molecule has 1 aromatic heterocycles. The van der Waals surface area contributed by atoms with Crippen molar-refractivity contribution in [1.82, 2.24) is 15.2 Å². The Morgan fingerprint density at radius 3 is 2.77 bits per heavy atom. The average Bonchev–Trinajstić information content (AvgIpc) is 3.28. The van der Waals surface area contributed by atoms with E-state index in [0.29, 0.717) is 12.5 Å². The Hall–Kier alpha value is -1.86. The van der Waals surface area contributed by atoms with Crippen LogP contribution in [-0.4, -0.2) is 72.4 Å². The van der Waals surface area contributed by atoms with E-state index in [2.05, 4.69) is 26.2 Å². The zero-order valence-electron chi connectivity index (χ0n) is 18.9. The lowest BCUT2D eigenvalue weighted by Crippen LogP contribution is -2.47. The Morgan fingerprint density at radius 2 is 2.03 bits per heavy atom. The zero-order chi connectivity index (χ0) is 21.6. The van der Waals surface area contributed by atoms with Gasteiger partial charge in [0.2, 0.25) is 5.91 Å². The number of carbonyl (C=O) groups excluding carboxylic acids is 1. The summed E-state index contributed by atoms with van der Waals surface area (Å²) in [5.41, 5.74) is 1.29. The number of nitrogens with one attached hydrogen (secondary N) is 1. The third kappa shape index (κ3) is 5.89. The van der Waals surface area contributed by atoms with Crippen molar-refractivity contribution < 1.29 is 14.6 Å². The van der Waals surface area contributed by atoms with Gasteiger partial charge in [-0.2, -0.15) is 0 Å². The van der Waals surface area contributed by atoms with Gasteiger partial charge in [-0.3, -0.25) is 9.69 Å². The first-order valence-corrected chi connectivity index (χ1v) is 12.2. The van der Waals surface area contributed by atoms with E-state index in [4.69, 9.17) is 4.74 Å². The van der Waals surface area contributed by atoms with Gasteiger partial charge in [-0.05, 0) is 57.1 Å². The van der Waals surface area contributed by atoms with Crippen LogP contribution in [0.2, 0.25) is 0 Å². The van der Waals surface area contributed by atoms with E-state index < -0.39 is 6.10 Å². The summed E-state index contributed by atoms with van der Waals surface area (Å²) in [6, 6.07) is 2.37. The molecule has 1 saturated heterocycles. The van der Waals surface area contributed by atoms with Crippen molar-refractivity contribution in [3.8, 4) is 5.75 Å². The number of amides is 1. The molecule has 0 bridgehead atoms. The number of fused-ring (bicyclic) bond motifs is 1. The quantitative estimate of drug-likeness (QED) is 0.659. The molecule has 0 spiro atoms. The minimum Gasteiger partial charge on any atom is -0.489 e. The molecule has 1 saturated carbocycles. The molecule has 2 fully saturated rings. The van der Waals surface area contributed by atoms with Gasteiger partial charge < -0.3 is 20.1 Å². The molecule has 172 valence electrons. The molecular weight excluding hydrogens is 392 g/mol.